The van der Waals surface area contributed by atoms with Crippen LogP contribution in [0.1, 0.15) is 10.4 Å². The number of carbonyl (C=O) groups excluding carboxylic acids is 2. The molecule has 5 nitrogen and oxygen atoms in total. The first kappa shape index (κ1) is 12.7. The number of amides is 1. The van der Waals surface area contributed by atoms with Gasteiger partial charge in [0.05, 0.1) is 17.7 Å². The van der Waals surface area contributed by atoms with Gasteiger partial charge in [0, 0.05) is 6.20 Å². The minimum atomic E-state index is -0.551. The lowest BCUT2D eigenvalue weighted by Crippen LogP contribution is -2.30. The number of halogens is 2. The molecule has 0 radical (unpaired) electrons. The lowest BCUT2D eigenvalue weighted by Gasteiger charge is -2.05. The Morgan fingerprint density at radius 3 is 2.81 bits per heavy atom. The highest BCUT2D eigenvalue weighted by Gasteiger charge is 2.12. The third-order valence-corrected chi connectivity index (χ3v) is 2.20. The fraction of sp³-hybridized carbons (Fsp3) is 0.222. The van der Waals surface area contributed by atoms with E-state index in [1.165, 1.54) is 19.4 Å². The molecule has 86 valence electrons. The molecule has 1 heterocycles. The number of methoxy groups -OCH3 is 1. The van der Waals surface area contributed by atoms with Crippen LogP contribution in [0.15, 0.2) is 12.3 Å². The minimum absolute atomic E-state index is 0.146. The molecule has 1 aromatic heterocycles. The van der Waals surface area contributed by atoms with Crippen molar-refractivity contribution < 1.29 is 14.3 Å². The predicted octanol–water partition coefficient (Wildman–Crippen LogP) is 1.29. The van der Waals surface area contributed by atoms with Gasteiger partial charge in [-0.15, -0.1) is 0 Å². The normalized spacial score (nSPS) is 9.69. The number of aromatic nitrogens is 1. The number of ether oxygens (including phenoxy) is 1. The third kappa shape index (κ3) is 3.36. The SMILES string of the molecule is COC(=O)CNC(=O)c1cc(Cl)ncc1Cl. The van der Waals surface area contributed by atoms with Crippen molar-refractivity contribution in [3.63, 3.8) is 0 Å². The number of carbonyl (C=O) groups is 2. The van der Waals surface area contributed by atoms with E-state index in [1.807, 2.05) is 0 Å². The van der Waals surface area contributed by atoms with Gasteiger partial charge in [0.25, 0.3) is 5.91 Å². The Hall–Kier alpha value is -1.33. The molecule has 1 aromatic rings. The Balaban J connectivity index is 2.73. The van der Waals surface area contributed by atoms with Crippen LogP contribution in [0.3, 0.4) is 0 Å². The largest absolute Gasteiger partial charge is 0.468 e. The summed E-state index contributed by atoms with van der Waals surface area (Å²) in [6.07, 6.45) is 1.26. The van der Waals surface area contributed by atoms with Crippen LogP contribution in [-0.4, -0.2) is 30.5 Å². The van der Waals surface area contributed by atoms with Gasteiger partial charge in [0.1, 0.15) is 11.7 Å². The van der Waals surface area contributed by atoms with Gasteiger partial charge >= 0.3 is 5.97 Å². The highest BCUT2D eigenvalue weighted by Crippen LogP contribution is 2.17. The van der Waals surface area contributed by atoms with E-state index < -0.39 is 11.9 Å². The molecule has 7 heteroatoms. The smallest absolute Gasteiger partial charge is 0.325 e. The molecule has 0 aliphatic carbocycles. The molecule has 0 aromatic carbocycles. The molecule has 16 heavy (non-hydrogen) atoms. The van der Waals surface area contributed by atoms with Crippen LogP contribution in [0.25, 0.3) is 0 Å². The fourth-order valence-electron chi connectivity index (χ4n) is 0.907. The molecule has 1 N–H and O–H groups in total. The molecule has 1 amide bonds. The molecule has 0 saturated heterocycles. The maximum atomic E-state index is 11.5. The number of esters is 1. The zero-order valence-corrected chi connectivity index (χ0v) is 9.80. The van der Waals surface area contributed by atoms with Gasteiger partial charge in [0.2, 0.25) is 0 Å². The monoisotopic (exact) mass is 262 g/mol. The van der Waals surface area contributed by atoms with Crippen LogP contribution in [0.2, 0.25) is 10.2 Å². The first-order valence-corrected chi connectivity index (χ1v) is 4.96. The van der Waals surface area contributed by atoms with E-state index >= 15 is 0 Å². The van der Waals surface area contributed by atoms with E-state index in [9.17, 15) is 9.59 Å². The average molecular weight is 263 g/mol. The van der Waals surface area contributed by atoms with Crippen molar-refractivity contribution in [2.75, 3.05) is 13.7 Å². The average Bonchev–Trinajstić information content (AvgIpc) is 2.28. The quantitative estimate of drug-likeness (QED) is 0.659. The number of hydrogen-bond donors (Lipinski definition) is 1. The van der Waals surface area contributed by atoms with Gasteiger partial charge < -0.3 is 10.1 Å². The van der Waals surface area contributed by atoms with Gasteiger partial charge in [-0.1, -0.05) is 23.2 Å². The molecule has 0 unspecified atom stereocenters. The summed E-state index contributed by atoms with van der Waals surface area (Å²) in [5, 5.41) is 2.64. The van der Waals surface area contributed by atoms with Crippen LogP contribution in [0.5, 0.6) is 0 Å². The van der Waals surface area contributed by atoms with E-state index in [0.29, 0.717) is 0 Å². The van der Waals surface area contributed by atoms with Gasteiger partial charge in [-0.2, -0.15) is 0 Å². The number of nitrogens with one attached hydrogen (secondary N) is 1. The molecule has 0 aliphatic rings. The zero-order chi connectivity index (χ0) is 12.1. The van der Waals surface area contributed by atoms with E-state index in [1.54, 1.807) is 0 Å². The third-order valence-electron chi connectivity index (χ3n) is 1.69. The van der Waals surface area contributed by atoms with Crippen LogP contribution in [0, 0.1) is 0 Å². The summed E-state index contributed by atoms with van der Waals surface area (Å²) in [6.45, 7) is -0.231. The standard InChI is InChI=1S/C9H8Cl2N2O3/c1-16-8(14)4-13-9(15)5-2-7(11)12-3-6(5)10/h2-3H,4H2,1H3,(H,13,15). The van der Waals surface area contributed by atoms with Crippen molar-refractivity contribution in [3.05, 3.63) is 28.0 Å². The Kier molecular flexibility index (Phi) is 4.52. The van der Waals surface area contributed by atoms with E-state index in [2.05, 4.69) is 15.0 Å². The van der Waals surface area contributed by atoms with E-state index in [4.69, 9.17) is 23.2 Å². The molecule has 0 fully saturated rings. The minimum Gasteiger partial charge on any atom is -0.468 e. The van der Waals surface area contributed by atoms with Crippen molar-refractivity contribution in [2.24, 2.45) is 0 Å². The summed E-state index contributed by atoms with van der Waals surface area (Å²) in [4.78, 5) is 26.0. The van der Waals surface area contributed by atoms with Gasteiger partial charge in [0.15, 0.2) is 0 Å². The molecule has 0 aliphatic heterocycles. The van der Waals surface area contributed by atoms with Crippen LogP contribution >= 0.6 is 23.2 Å². The molecule has 0 spiro atoms. The first-order chi connectivity index (χ1) is 7.54. The summed E-state index contributed by atoms with van der Waals surface area (Å²) < 4.78 is 4.37. The predicted molar refractivity (Wildman–Crippen MR) is 58.6 cm³/mol. The highest BCUT2D eigenvalue weighted by atomic mass is 35.5. The molecule has 0 bridgehead atoms. The highest BCUT2D eigenvalue weighted by molar-refractivity contribution is 6.35. The van der Waals surface area contributed by atoms with Crippen molar-refractivity contribution in [1.29, 1.82) is 0 Å². The zero-order valence-electron chi connectivity index (χ0n) is 8.29. The summed E-state index contributed by atoms with van der Waals surface area (Å²) in [6, 6.07) is 1.32. The van der Waals surface area contributed by atoms with Gasteiger partial charge in [-0.3, -0.25) is 9.59 Å². The Morgan fingerprint density at radius 1 is 1.50 bits per heavy atom. The summed E-state index contributed by atoms with van der Waals surface area (Å²) in [5.74, 6) is -1.07. The Morgan fingerprint density at radius 2 is 2.19 bits per heavy atom. The van der Waals surface area contributed by atoms with Crippen molar-refractivity contribution in [2.45, 2.75) is 0 Å². The summed E-state index contributed by atoms with van der Waals surface area (Å²) in [7, 11) is 1.23. The molecular formula is C9H8Cl2N2O3. The van der Waals surface area contributed by atoms with Crippen molar-refractivity contribution in [3.8, 4) is 0 Å². The van der Waals surface area contributed by atoms with Crippen molar-refractivity contribution >= 4 is 35.1 Å². The van der Waals surface area contributed by atoms with Gasteiger partial charge in [-0.25, -0.2) is 4.98 Å². The van der Waals surface area contributed by atoms with Crippen LogP contribution in [-0.2, 0) is 9.53 Å². The number of nitrogens with zero attached hydrogens (tertiary/aromatic N) is 1. The second-order valence-electron chi connectivity index (χ2n) is 2.75. The summed E-state index contributed by atoms with van der Waals surface area (Å²) >= 11 is 11.4. The maximum absolute atomic E-state index is 11.5. The second-order valence-corrected chi connectivity index (χ2v) is 3.54. The van der Waals surface area contributed by atoms with Gasteiger partial charge in [-0.05, 0) is 6.07 Å². The second kappa shape index (κ2) is 5.67. The van der Waals surface area contributed by atoms with Crippen LogP contribution < -0.4 is 5.32 Å². The Labute approximate surface area is 102 Å². The first-order valence-electron chi connectivity index (χ1n) is 4.20. The van der Waals surface area contributed by atoms with Crippen LogP contribution in [0.4, 0.5) is 0 Å². The number of rotatable bonds is 3. The topological polar surface area (TPSA) is 68.3 Å². The lowest BCUT2D eigenvalue weighted by atomic mass is 10.2. The molecular weight excluding hydrogens is 255 g/mol. The maximum Gasteiger partial charge on any atom is 0.325 e. The fourth-order valence-corrected chi connectivity index (χ4v) is 1.25. The molecule has 0 atom stereocenters. The van der Waals surface area contributed by atoms with Crippen molar-refractivity contribution in [1.82, 2.24) is 10.3 Å². The lowest BCUT2D eigenvalue weighted by molar-refractivity contribution is -0.139. The number of pyridine rings is 1. The summed E-state index contributed by atoms with van der Waals surface area (Å²) in [5.41, 5.74) is 0.158. The number of hydrogen-bond acceptors (Lipinski definition) is 4. The van der Waals surface area contributed by atoms with E-state index in [-0.39, 0.29) is 22.3 Å². The Bertz CT molecular complexity index is 423. The molecule has 1 rings (SSSR count). The van der Waals surface area contributed by atoms with E-state index in [0.717, 1.165) is 0 Å². The molecule has 0 saturated carbocycles.